The standard InChI is InChI=1S/C17H21N5O/c1-17(15(23)20-13-6-9-18-10-7-13)8-4-5-12-11-19-16(22(2)3)21-14(12)17/h6-7,9-11H,4-5,8H2,1-3H3,(H,18,20,23). The van der Waals surface area contributed by atoms with Crippen molar-refractivity contribution in [3.05, 3.63) is 42.0 Å². The number of anilines is 2. The van der Waals surface area contributed by atoms with Gasteiger partial charge in [-0.05, 0) is 43.9 Å². The van der Waals surface area contributed by atoms with Gasteiger partial charge in [-0.15, -0.1) is 0 Å². The summed E-state index contributed by atoms with van der Waals surface area (Å²) < 4.78 is 0. The molecule has 1 atom stereocenters. The number of fused-ring (bicyclic) bond motifs is 1. The molecule has 0 radical (unpaired) electrons. The maximum atomic E-state index is 12.9. The Balaban J connectivity index is 1.96. The third-order valence-electron chi connectivity index (χ3n) is 4.34. The number of carbonyl (C=O) groups excluding carboxylic acids is 1. The highest BCUT2D eigenvalue weighted by Crippen LogP contribution is 2.37. The molecule has 0 spiro atoms. The molecule has 0 fully saturated rings. The lowest BCUT2D eigenvalue weighted by atomic mass is 9.74. The molecule has 23 heavy (non-hydrogen) atoms. The number of rotatable bonds is 3. The molecule has 6 heteroatoms. The van der Waals surface area contributed by atoms with Crippen LogP contribution in [0.3, 0.4) is 0 Å². The van der Waals surface area contributed by atoms with Crippen LogP contribution in [0.15, 0.2) is 30.7 Å². The van der Waals surface area contributed by atoms with Crippen LogP contribution in [0.1, 0.15) is 31.0 Å². The van der Waals surface area contributed by atoms with E-state index in [1.165, 1.54) is 0 Å². The molecule has 1 unspecified atom stereocenters. The van der Waals surface area contributed by atoms with Gasteiger partial charge in [0.25, 0.3) is 0 Å². The van der Waals surface area contributed by atoms with Gasteiger partial charge < -0.3 is 10.2 Å². The predicted octanol–water partition coefficient (Wildman–Crippen LogP) is 2.17. The lowest BCUT2D eigenvalue weighted by molar-refractivity contribution is -0.121. The van der Waals surface area contributed by atoms with E-state index in [0.29, 0.717) is 5.95 Å². The van der Waals surface area contributed by atoms with Crippen LogP contribution < -0.4 is 10.2 Å². The minimum absolute atomic E-state index is 0.0342. The van der Waals surface area contributed by atoms with Crippen molar-refractivity contribution in [2.75, 3.05) is 24.3 Å². The molecule has 0 bridgehead atoms. The number of aromatic nitrogens is 3. The minimum Gasteiger partial charge on any atom is -0.347 e. The van der Waals surface area contributed by atoms with Gasteiger partial charge in [-0.25, -0.2) is 9.97 Å². The number of hydrogen-bond donors (Lipinski definition) is 1. The zero-order valence-corrected chi connectivity index (χ0v) is 13.7. The average Bonchev–Trinajstić information content (AvgIpc) is 2.55. The molecular formula is C17H21N5O. The first-order valence-corrected chi connectivity index (χ1v) is 7.76. The van der Waals surface area contributed by atoms with Gasteiger partial charge in [-0.3, -0.25) is 9.78 Å². The molecular weight excluding hydrogens is 290 g/mol. The van der Waals surface area contributed by atoms with Crippen LogP contribution in [-0.4, -0.2) is 35.0 Å². The third-order valence-corrected chi connectivity index (χ3v) is 4.34. The Morgan fingerprint density at radius 2 is 2.04 bits per heavy atom. The van der Waals surface area contributed by atoms with Crippen LogP contribution in [0, 0.1) is 0 Å². The van der Waals surface area contributed by atoms with Crippen LogP contribution in [0.5, 0.6) is 0 Å². The van der Waals surface area contributed by atoms with Crippen LogP contribution in [0.25, 0.3) is 0 Å². The molecule has 0 saturated heterocycles. The molecule has 0 saturated carbocycles. The van der Waals surface area contributed by atoms with Crippen LogP contribution in [0.2, 0.25) is 0 Å². The molecule has 1 aliphatic carbocycles. The molecule has 1 N–H and O–H groups in total. The van der Waals surface area contributed by atoms with Crippen molar-refractivity contribution in [1.29, 1.82) is 0 Å². The quantitative estimate of drug-likeness (QED) is 0.940. The summed E-state index contributed by atoms with van der Waals surface area (Å²) in [6, 6.07) is 3.58. The van der Waals surface area contributed by atoms with Gasteiger partial charge >= 0.3 is 0 Å². The number of carbonyl (C=O) groups is 1. The van der Waals surface area contributed by atoms with E-state index >= 15 is 0 Å². The molecule has 1 amide bonds. The number of pyridine rings is 1. The first-order chi connectivity index (χ1) is 11.0. The Labute approximate surface area is 136 Å². The van der Waals surface area contributed by atoms with E-state index < -0.39 is 5.41 Å². The van der Waals surface area contributed by atoms with Crippen LogP contribution >= 0.6 is 0 Å². The summed E-state index contributed by atoms with van der Waals surface area (Å²) in [5.41, 5.74) is 2.01. The largest absolute Gasteiger partial charge is 0.347 e. The van der Waals surface area contributed by atoms with Crippen molar-refractivity contribution in [3.63, 3.8) is 0 Å². The number of nitrogens with one attached hydrogen (secondary N) is 1. The summed E-state index contributed by atoms with van der Waals surface area (Å²) in [4.78, 5) is 27.8. The lowest BCUT2D eigenvalue weighted by Gasteiger charge is -2.33. The summed E-state index contributed by atoms with van der Waals surface area (Å²) in [5, 5.41) is 2.99. The third kappa shape index (κ3) is 2.88. The van der Waals surface area contributed by atoms with Crippen molar-refractivity contribution < 1.29 is 4.79 Å². The Morgan fingerprint density at radius 1 is 1.30 bits per heavy atom. The fourth-order valence-corrected chi connectivity index (χ4v) is 2.95. The highest BCUT2D eigenvalue weighted by Gasteiger charge is 2.41. The Bertz CT molecular complexity index is 716. The second kappa shape index (κ2) is 5.95. The Morgan fingerprint density at radius 3 is 2.74 bits per heavy atom. The second-order valence-electron chi connectivity index (χ2n) is 6.31. The second-order valence-corrected chi connectivity index (χ2v) is 6.31. The van der Waals surface area contributed by atoms with E-state index in [1.807, 2.05) is 32.1 Å². The van der Waals surface area contributed by atoms with Crippen molar-refractivity contribution >= 4 is 17.5 Å². The van der Waals surface area contributed by atoms with E-state index in [-0.39, 0.29) is 5.91 Å². The van der Waals surface area contributed by atoms with Crippen molar-refractivity contribution in [2.45, 2.75) is 31.6 Å². The topological polar surface area (TPSA) is 71.0 Å². The monoisotopic (exact) mass is 311 g/mol. The summed E-state index contributed by atoms with van der Waals surface area (Å²) in [6.45, 7) is 1.97. The van der Waals surface area contributed by atoms with Gasteiger partial charge in [-0.2, -0.15) is 0 Å². The molecule has 6 nitrogen and oxygen atoms in total. The number of aryl methyl sites for hydroxylation is 1. The predicted molar refractivity (Wildman–Crippen MR) is 89.5 cm³/mol. The molecule has 120 valence electrons. The van der Waals surface area contributed by atoms with E-state index in [0.717, 1.165) is 36.2 Å². The molecule has 2 aromatic heterocycles. The lowest BCUT2D eigenvalue weighted by Crippen LogP contribution is -2.41. The molecule has 0 aromatic carbocycles. The Hall–Kier alpha value is -2.50. The maximum absolute atomic E-state index is 12.9. The van der Waals surface area contributed by atoms with E-state index in [1.54, 1.807) is 24.5 Å². The smallest absolute Gasteiger partial charge is 0.236 e. The highest BCUT2D eigenvalue weighted by molar-refractivity contribution is 5.99. The summed E-state index contributed by atoms with van der Waals surface area (Å²) >= 11 is 0. The SMILES string of the molecule is CN(C)c1ncc2c(n1)C(C)(C(=O)Nc1ccncc1)CCC2. The molecule has 2 aromatic rings. The van der Waals surface area contributed by atoms with Crippen molar-refractivity contribution in [1.82, 2.24) is 15.0 Å². The van der Waals surface area contributed by atoms with Crippen molar-refractivity contribution in [2.24, 2.45) is 0 Å². The van der Waals surface area contributed by atoms with Gasteiger partial charge in [-0.1, -0.05) is 0 Å². The molecule has 1 aliphatic rings. The number of amides is 1. The normalized spacial score (nSPS) is 19.8. The van der Waals surface area contributed by atoms with Crippen LogP contribution in [-0.2, 0) is 16.6 Å². The first-order valence-electron chi connectivity index (χ1n) is 7.76. The summed E-state index contributed by atoms with van der Waals surface area (Å²) in [7, 11) is 3.80. The van der Waals surface area contributed by atoms with Gasteiger partial charge in [0.15, 0.2) is 0 Å². The number of hydrogen-bond acceptors (Lipinski definition) is 5. The number of nitrogens with zero attached hydrogens (tertiary/aromatic N) is 4. The van der Waals surface area contributed by atoms with E-state index in [4.69, 9.17) is 0 Å². The molecule has 0 aliphatic heterocycles. The fourth-order valence-electron chi connectivity index (χ4n) is 2.95. The highest BCUT2D eigenvalue weighted by atomic mass is 16.2. The van der Waals surface area contributed by atoms with Crippen LogP contribution in [0.4, 0.5) is 11.6 Å². The van der Waals surface area contributed by atoms with Gasteiger partial charge in [0, 0.05) is 38.4 Å². The zero-order chi connectivity index (χ0) is 16.4. The molecule has 3 rings (SSSR count). The van der Waals surface area contributed by atoms with Gasteiger partial charge in [0.2, 0.25) is 11.9 Å². The van der Waals surface area contributed by atoms with Crippen molar-refractivity contribution in [3.8, 4) is 0 Å². The summed E-state index contributed by atoms with van der Waals surface area (Å²) in [5.74, 6) is 0.599. The fraction of sp³-hybridized carbons (Fsp3) is 0.412. The van der Waals surface area contributed by atoms with Gasteiger partial charge in [0.05, 0.1) is 11.1 Å². The zero-order valence-electron chi connectivity index (χ0n) is 13.7. The van der Waals surface area contributed by atoms with E-state index in [9.17, 15) is 4.79 Å². The average molecular weight is 311 g/mol. The van der Waals surface area contributed by atoms with E-state index in [2.05, 4.69) is 20.3 Å². The van der Waals surface area contributed by atoms with Gasteiger partial charge in [0.1, 0.15) is 0 Å². The Kier molecular flexibility index (Phi) is 3.98. The first kappa shape index (κ1) is 15.4. The minimum atomic E-state index is -0.648. The molecule has 2 heterocycles. The maximum Gasteiger partial charge on any atom is 0.236 e. The summed E-state index contributed by atoms with van der Waals surface area (Å²) in [6.07, 6.45) is 7.84.